The minimum absolute atomic E-state index is 0.0150. The predicted molar refractivity (Wildman–Crippen MR) is 71.6 cm³/mol. The highest BCUT2D eigenvalue weighted by molar-refractivity contribution is 8.00. The minimum Gasteiger partial charge on any atom is -0.336 e. The third kappa shape index (κ3) is 2.95. The normalized spacial score (nSPS) is 18.8. The van der Waals surface area contributed by atoms with Gasteiger partial charge in [-0.3, -0.25) is 4.79 Å². The summed E-state index contributed by atoms with van der Waals surface area (Å²) in [6, 6.07) is 1.15. The van der Waals surface area contributed by atoms with Crippen molar-refractivity contribution in [3.05, 3.63) is 28.8 Å². The van der Waals surface area contributed by atoms with Crippen molar-refractivity contribution in [2.75, 3.05) is 18.8 Å². The molecule has 6 heteroatoms. The van der Waals surface area contributed by atoms with Crippen LogP contribution in [0.1, 0.15) is 24.2 Å². The lowest BCUT2D eigenvalue weighted by molar-refractivity contribution is 0.0747. The first-order valence-electron chi connectivity index (χ1n) is 5.63. The number of hydrogen-bond acceptors (Lipinski definition) is 3. The summed E-state index contributed by atoms with van der Waals surface area (Å²) < 4.78 is 13.1. The average molecular weight is 289 g/mol. The van der Waals surface area contributed by atoms with Gasteiger partial charge in [-0.25, -0.2) is 9.37 Å². The Morgan fingerprint density at radius 1 is 1.61 bits per heavy atom. The Hall–Kier alpha value is -0.810. The smallest absolute Gasteiger partial charge is 0.257 e. The van der Waals surface area contributed by atoms with E-state index in [2.05, 4.69) is 18.8 Å². The summed E-state index contributed by atoms with van der Waals surface area (Å²) in [5.74, 6) is 0.0767. The summed E-state index contributed by atoms with van der Waals surface area (Å²) >= 11 is 7.68. The first kappa shape index (κ1) is 13.6. The standard InChI is InChI=1S/C12H14ClFN2OS/c1-12(2)7-16(3-4-18-12)11(17)9-5-8(14)6-15-10(9)13/h5-6H,3-4,7H2,1-2H3. The van der Waals surface area contributed by atoms with Gasteiger partial charge in [-0.15, -0.1) is 0 Å². The summed E-state index contributed by atoms with van der Waals surface area (Å²) in [6.07, 6.45) is 1.01. The number of rotatable bonds is 1. The van der Waals surface area contributed by atoms with Gasteiger partial charge >= 0.3 is 0 Å². The summed E-state index contributed by atoms with van der Waals surface area (Å²) in [6.45, 7) is 5.45. The fraction of sp³-hybridized carbons (Fsp3) is 0.500. The Balaban J connectivity index is 2.23. The molecule has 0 aromatic carbocycles. The zero-order chi connectivity index (χ0) is 13.3. The SMILES string of the molecule is CC1(C)CN(C(=O)c2cc(F)cnc2Cl)CCS1. The van der Waals surface area contributed by atoms with Gasteiger partial charge in [-0.1, -0.05) is 11.6 Å². The van der Waals surface area contributed by atoms with Gasteiger partial charge < -0.3 is 4.90 Å². The van der Waals surface area contributed by atoms with Gasteiger partial charge in [0.05, 0.1) is 11.8 Å². The molecule has 0 bridgehead atoms. The number of carbonyl (C=O) groups excluding carboxylic acids is 1. The lowest BCUT2D eigenvalue weighted by Crippen LogP contribution is -2.46. The van der Waals surface area contributed by atoms with E-state index in [-0.39, 0.29) is 21.4 Å². The van der Waals surface area contributed by atoms with E-state index >= 15 is 0 Å². The maximum absolute atomic E-state index is 13.1. The van der Waals surface area contributed by atoms with Gasteiger partial charge in [0.25, 0.3) is 5.91 Å². The number of aromatic nitrogens is 1. The van der Waals surface area contributed by atoms with E-state index < -0.39 is 5.82 Å². The molecule has 0 saturated carbocycles. The summed E-state index contributed by atoms with van der Waals surface area (Å²) in [5, 5.41) is 0.0532. The van der Waals surface area contributed by atoms with Crippen molar-refractivity contribution in [2.45, 2.75) is 18.6 Å². The molecule has 1 aromatic rings. The van der Waals surface area contributed by atoms with E-state index in [9.17, 15) is 9.18 Å². The van der Waals surface area contributed by atoms with Gasteiger partial charge in [0.1, 0.15) is 11.0 Å². The number of pyridine rings is 1. The second kappa shape index (κ2) is 5.05. The number of hydrogen-bond donors (Lipinski definition) is 0. The molecule has 0 N–H and O–H groups in total. The molecule has 0 radical (unpaired) electrons. The largest absolute Gasteiger partial charge is 0.336 e. The second-order valence-electron chi connectivity index (χ2n) is 4.83. The van der Waals surface area contributed by atoms with Crippen LogP contribution in [-0.4, -0.2) is 39.4 Å². The van der Waals surface area contributed by atoms with E-state index in [1.54, 1.807) is 4.90 Å². The van der Waals surface area contributed by atoms with E-state index in [1.807, 2.05) is 11.8 Å². The Morgan fingerprint density at radius 3 is 3.00 bits per heavy atom. The number of halogens is 2. The highest BCUT2D eigenvalue weighted by atomic mass is 35.5. The van der Waals surface area contributed by atoms with Gasteiger partial charge in [0, 0.05) is 23.6 Å². The van der Waals surface area contributed by atoms with Gasteiger partial charge in [-0.05, 0) is 19.9 Å². The van der Waals surface area contributed by atoms with E-state index in [0.717, 1.165) is 18.0 Å². The van der Waals surface area contributed by atoms with E-state index in [4.69, 9.17) is 11.6 Å². The quantitative estimate of drug-likeness (QED) is 0.745. The molecular formula is C12H14ClFN2OS. The molecular weight excluding hydrogens is 275 g/mol. The van der Waals surface area contributed by atoms with Crippen molar-refractivity contribution in [1.29, 1.82) is 0 Å². The van der Waals surface area contributed by atoms with Crippen LogP contribution < -0.4 is 0 Å². The minimum atomic E-state index is -0.548. The molecule has 1 amide bonds. The van der Waals surface area contributed by atoms with Crippen LogP contribution in [0.5, 0.6) is 0 Å². The summed E-state index contributed by atoms with van der Waals surface area (Å²) in [7, 11) is 0. The molecule has 0 unspecified atom stereocenters. The van der Waals surface area contributed by atoms with Crippen LogP contribution >= 0.6 is 23.4 Å². The molecule has 18 heavy (non-hydrogen) atoms. The predicted octanol–water partition coefficient (Wildman–Crippen LogP) is 2.84. The van der Waals surface area contributed by atoms with Gasteiger partial charge in [0.2, 0.25) is 0 Å². The zero-order valence-corrected chi connectivity index (χ0v) is 11.8. The lowest BCUT2D eigenvalue weighted by Gasteiger charge is -2.37. The Labute approximate surface area is 115 Å². The monoisotopic (exact) mass is 288 g/mol. The van der Waals surface area contributed by atoms with Crippen molar-refractivity contribution in [2.24, 2.45) is 0 Å². The van der Waals surface area contributed by atoms with Crippen LogP contribution in [0.2, 0.25) is 5.15 Å². The Bertz CT molecular complexity index is 481. The van der Waals surface area contributed by atoms with Crippen molar-refractivity contribution >= 4 is 29.3 Å². The number of amides is 1. The molecule has 0 atom stereocenters. The fourth-order valence-corrected chi connectivity index (χ4v) is 3.23. The first-order valence-corrected chi connectivity index (χ1v) is 7.00. The van der Waals surface area contributed by atoms with Crippen LogP contribution in [0.4, 0.5) is 4.39 Å². The molecule has 1 saturated heterocycles. The first-order chi connectivity index (χ1) is 8.39. The molecule has 3 nitrogen and oxygen atoms in total. The third-order valence-corrected chi connectivity index (χ3v) is 4.35. The maximum atomic E-state index is 13.1. The summed E-state index contributed by atoms with van der Waals surface area (Å²) in [5.41, 5.74) is 0.138. The van der Waals surface area contributed by atoms with Crippen LogP contribution in [0.25, 0.3) is 0 Å². The lowest BCUT2D eigenvalue weighted by atomic mass is 10.1. The molecule has 98 valence electrons. The highest BCUT2D eigenvalue weighted by Crippen LogP contribution is 2.30. The maximum Gasteiger partial charge on any atom is 0.257 e. The molecule has 1 fully saturated rings. The van der Waals surface area contributed by atoms with Crippen molar-refractivity contribution in [3.63, 3.8) is 0 Å². The van der Waals surface area contributed by atoms with E-state index in [1.165, 1.54) is 0 Å². The Morgan fingerprint density at radius 2 is 2.33 bits per heavy atom. The van der Waals surface area contributed by atoms with Crippen molar-refractivity contribution < 1.29 is 9.18 Å². The fourth-order valence-electron chi connectivity index (χ4n) is 1.93. The van der Waals surface area contributed by atoms with Gasteiger partial charge in [0.15, 0.2) is 0 Å². The number of nitrogens with zero attached hydrogens (tertiary/aromatic N) is 2. The molecule has 0 aliphatic carbocycles. The van der Waals surface area contributed by atoms with Crippen molar-refractivity contribution in [1.82, 2.24) is 9.88 Å². The molecule has 1 aliphatic heterocycles. The Kier molecular flexibility index (Phi) is 3.82. The topological polar surface area (TPSA) is 33.2 Å². The van der Waals surface area contributed by atoms with Crippen LogP contribution in [0.15, 0.2) is 12.3 Å². The molecule has 2 heterocycles. The van der Waals surface area contributed by atoms with E-state index in [0.29, 0.717) is 13.1 Å². The third-order valence-electron chi connectivity index (χ3n) is 2.75. The average Bonchev–Trinajstić information content (AvgIpc) is 2.30. The van der Waals surface area contributed by atoms with Crippen LogP contribution in [0, 0.1) is 5.82 Å². The molecule has 2 rings (SSSR count). The number of thioether (sulfide) groups is 1. The van der Waals surface area contributed by atoms with Crippen molar-refractivity contribution in [3.8, 4) is 0 Å². The molecule has 1 aromatic heterocycles. The van der Waals surface area contributed by atoms with Crippen LogP contribution in [0.3, 0.4) is 0 Å². The second-order valence-corrected chi connectivity index (χ2v) is 6.99. The van der Waals surface area contributed by atoms with Gasteiger partial charge in [-0.2, -0.15) is 11.8 Å². The zero-order valence-electron chi connectivity index (χ0n) is 10.2. The highest BCUT2D eigenvalue weighted by Gasteiger charge is 2.31. The number of carbonyl (C=O) groups is 1. The molecule has 0 spiro atoms. The molecule has 1 aliphatic rings. The summed E-state index contributed by atoms with van der Waals surface area (Å²) in [4.78, 5) is 17.7. The van der Waals surface area contributed by atoms with Crippen LogP contribution in [-0.2, 0) is 0 Å².